The third-order valence-electron chi connectivity index (χ3n) is 7.75. The van der Waals surface area contributed by atoms with Crippen LogP contribution in [0, 0.1) is 11.3 Å². The third kappa shape index (κ3) is 7.33. The number of nitrogens with zero attached hydrogens (tertiary/aromatic N) is 2. The van der Waals surface area contributed by atoms with E-state index in [0.29, 0.717) is 30.2 Å². The van der Waals surface area contributed by atoms with Gasteiger partial charge in [0, 0.05) is 46.8 Å². The van der Waals surface area contributed by atoms with Crippen LogP contribution in [-0.2, 0) is 25.5 Å². The number of para-hydroxylation sites is 1. The Balaban J connectivity index is 1.70. The zero-order valence-electron chi connectivity index (χ0n) is 24.7. The molecule has 2 heterocycles. The van der Waals surface area contributed by atoms with Crippen molar-refractivity contribution in [3.8, 4) is 0 Å². The van der Waals surface area contributed by atoms with Gasteiger partial charge < -0.3 is 24.8 Å². The molecule has 2 aromatic carbocycles. The van der Waals surface area contributed by atoms with Gasteiger partial charge in [-0.25, -0.2) is 4.79 Å². The lowest BCUT2D eigenvalue weighted by atomic mass is 9.87. The van der Waals surface area contributed by atoms with Gasteiger partial charge in [0.05, 0.1) is 5.41 Å². The minimum Gasteiger partial charge on any atom is -0.458 e. The molecule has 4 rings (SSSR count). The van der Waals surface area contributed by atoms with E-state index in [1.54, 1.807) is 23.2 Å². The molecular formula is C31H36ClF3N4O4. The topological polar surface area (TPSA) is 94.7 Å². The largest absolute Gasteiger partial charge is 0.490 e. The SMILES string of the molecule is CC(c1c[nH]c2ccccc12)C(NC(=O)C(C)(C)COC(=O)C(F)(F)F)C(=O)N1C[C@@H](CN(C)C)Cc2cc(Cl)ccc21. The van der Waals surface area contributed by atoms with Gasteiger partial charge in [0.2, 0.25) is 11.8 Å². The first-order valence-electron chi connectivity index (χ1n) is 13.9. The Hall–Kier alpha value is -3.57. The molecule has 12 heteroatoms. The molecule has 1 aliphatic heterocycles. The molecule has 0 aliphatic carbocycles. The Morgan fingerprint density at radius 3 is 2.53 bits per heavy atom. The number of ether oxygens (including phenoxy) is 1. The van der Waals surface area contributed by atoms with Crippen LogP contribution in [0.2, 0.25) is 5.02 Å². The van der Waals surface area contributed by atoms with Gasteiger partial charge in [-0.3, -0.25) is 9.59 Å². The maximum absolute atomic E-state index is 14.5. The molecular weight excluding hydrogens is 585 g/mol. The lowest BCUT2D eigenvalue weighted by molar-refractivity contribution is -0.202. The van der Waals surface area contributed by atoms with E-state index in [9.17, 15) is 27.6 Å². The summed E-state index contributed by atoms with van der Waals surface area (Å²) >= 11 is 6.31. The minimum absolute atomic E-state index is 0.0860. The number of esters is 1. The highest BCUT2D eigenvalue weighted by molar-refractivity contribution is 6.30. The van der Waals surface area contributed by atoms with Crippen LogP contribution in [-0.4, -0.2) is 73.7 Å². The molecule has 3 aromatic rings. The van der Waals surface area contributed by atoms with E-state index in [-0.39, 0.29) is 11.8 Å². The molecule has 0 radical (unpaired) electrons. The van der Waals surface area contributed by atoms with E-state index in [0.717, 1.165) is 22.0 Å². The first-order valence-corrected chi connectivity index (χ1v) is 14.3. The number of carbonyl (C=O) groups excluding carboxylic acids is 3. The molecule has 232 valence electrons. The first kappa shape index (κ1) is 32.3. The van der Waals surface area contributed by atoms with Crippen LogP contribution in [0.4, 0.5) is 18.9 Å². The number of nitrogens with one attached hydrogen (secondary N) is 2. The van der Waals surface area contributed by atoms with Gasteiger partial charge in [-0.2, -0.15) is 13.2 Å². The molecule has 0 fully saturated rings. The van der Waals surface area contributed by atoms with Gasteiger partial charge in [-0.15, -0.1) is 0 Å². The second-order valence-corrected chi connectivity index (χ2v) is 12.5. The number of hydrogen-bond acceptors (Lipinski definition) is 5. The molecule has 1 aromatic heterocycles. The van der Waals surface area contributed by atoms with Crippen molar-refractivity contribution in [2.45, 2.75) is 45.3 Å². The van der Waals surface area contributed by atoms with Crippen LogP contribution in [0.25, 0.3) is 10.9 Å². The Labute approximate surface area is 253 Å². The maximum atomic E-state index is 14.5. The summed E-state index contributed by atoms with van der Waals surface area (Å²) in [5.41, 5.74) is 1.66. The fourth-order valence-corrected chi connectivity index (χ4v) is 5.70. The van der Waals surface area contributed by atoms with E-state index >= 15 is 0 Å². The average molecular weight is 621 g/mol. The fraction of sp³-hybridized carbons (Fsp3) is 0.452. The monoisotopic (exact) mass is 620 g/mol. The van der Waals surface area contributed by atoms with Crippen molar-refractivity contribution in [3.05, 3.63) is 64.8 Å². The van der Waals surface area contributed by atoms with Crippen LogP contribution in [0.15, 0.2) is 48.7 Å². The summed E-state index contributed by atoms with van der Waals surface area (Å²) in [7, 11) is 3.91. The number of benzene rings is 2. The van der Waals surface area contributed by atoms with Gasteiger partial charge in [0.15, 0.2) is 0 Å². The molecule has 1 aliphatic rings. The Kier molecular flexibility index (Phi) is 9.46. The number of carbonyl (C=O) groups is 3. The van der Waals surface area contributed by atoms with Gasteiger partial charge >= 0.3 is 12.1 Å². The van der Waals surface area contributed by atoms with Gasteiger partial charge in [-0.1, -0.05) is 36.7 Å². The number of aromatic nitrogens is 1. The van der Waals surface area contributed by atoms with Crippen LogP contribution < -0.4 is 10.2 Å². The van der Waals surface area contributed by atoms with Gasteiger partial charge in [-0.05, 0) is 75.7 Å². The van der Waals surface area contributed by atoms with Crippen LogP contribution in [0.3, 0.4) is 0 Å². The molecule has 0 bridgehead atoms. The second-order valence-electron chi connectivity index (χ2n) is 12.0. The number of hydrogen-bond donors (Lipinski definition) is 2. The number of alkyl halides is 3. The van der Waals surface area contributed by atoms with E-state index in [4.69, 9.17) is 11.6 Å². The van der Waals surface area contributed by atoms with Gasteiger partial charge in [0.1, 0.15) is 12.6 Å². The summed E-state index contributed by atoms with van der Waals surface area (Å²) in [6.45, 7) is 4.81. The highest BCUT2D eigenvalue weighted by Gasteiger charge is 2.44. The van der Waals surface area contributed by atoms with E-state index in [1.807, 2.05) is 56.3 Å². The molecule has 2 amide bonds. The van der Waals surface area contributed by atoms with Crippen molar-refractivity contribution in [2.24, 2.45) is 11.3 Å². The number of H-pyrrole nitrogens is 1. The van der Waals surface area contributed by atoms with Crippen LogP contribution >= 0.6 is 11.6 Å². The quantitative estimate of drug-likeness (QED) is 0.316. The van der Waals surface area contributed by atoms with Crippen LogP contribution in [0.1, 0.15) is 37.8 Å². The predicted octanol–water partition coefficient (Wildman–Crippen LogP) is 5.31. The summed E-state index contributed by atoms with van der Waals surface area (Å²) in [5.74, 6) is -3.95. The molecule has 0 saturated heterocycles. The maximum Gasteiger partial charge on any atom is 0.490 e. The van der Waals surface area contributed by atoms with Crippen molar-refractivity contribution in [1.82, 2.24) is 15.2 Å². The normalized spacial score (nSPS) is 17.0. The molecule has 0 spiro atoms. The summed E-state index contributed by atoms with van der Waals surface area (Å²) in [6.07, 6.45) is -2.69. The molecule has 8 nitrogen and oxygen atoms in total. The first-order chi connectivity index (χ1) is 20.1. The molecule has 2 unspecified atom stereocenters. The summed E-state index contributed by atoms with van der Waals surface area (Å²) in [6, 6.07) is 11.8. The minimum atomic E-state index is -5.19. The summed E-state index contributed by atoms with van der Waals surface area (Å²) in [5, 5.41) is 4.23. The van der Waals surface area contributed by atoms with Crippen molar-refractivity contribution in [3.63, 3.8) is 0 Å². The Morgan fingerprint density at radius 2 is 1.86 bits per heavy atom. The van der Waals surface area contributed by atoms with Gasteiger partial charge in [0.25, 0.3) is 0 Å². The lowest BCUT2D eigenvalue weighted by Gasteiger charge is -2.39. The van der Waals surface area contributed by atoms with Crippen molar-refractivity contribution in [2.75, 3.05) is 38.7 Å². The fourth-order valence-electron chi connectivity index (χ4n) is 5.51. The number of anilines is 1. The van der Waals surface area contributed by atoms with Crippen molar-refractivity contribution in [1.29, 1.82) is 0 Å². The van der Waals surface area contributed by atoms with E-state index in [1.165, 1.54) is 13.8 Å². The predicted molar refractivity (Wildman–Crippen MR) is 159 cm³/mol. The standard InChI is InChI=1S/C31H36ClF3N4O4/c1-18(23-14-36-24-9-7-6-8-22(23)24)26(37-28(41)30(2,3)17-43-29(42)31(33,34)35)27(40)39-16-19(15-38(4)5)12-20-13-21(32)10-11-25(20)39/h6-11,13-14,18-19,26,36H,12,15-17H2,1-5H3,(H,37,41)/t18?,19-,26?/m1/s1. The number of halogens is 4. The second kappa shape index (κ2) is 12.6. The molecule has 2 N–H and O–H groups in total. The van der Waals surface area contributed by atoms with Crippen LogP contribution in [0.5, 0.6) is 0 Å². The molecule has 43 heavy (non-hydrogen) atoms. The van der Waals surface area contributed by atoms with Crippen molar-refractivity contribution >= 4 is 46.0 Å². The van der Waals surface area contributed by atoms with E-state index < -0.39 is 42.0 Å². The third-order valence-corrected chi connectivity index (χ3v) is 7.98. The average Bonchev–Trinajstić information content (AvgIpc) is 3.36. The summed E-state index contributed by atoms with van der Waals surface area (Å²) in [4.78, 5) is 46.4. The smallest absolute Gasteiger partial charge is 0.458 e. The molecule has 3 atom stereocenters. The lowest BCUT2D eigenvalue weighted by Crippen LogP contribution is -2.56. The number of aromatic amines is 1. The highest BCUT2D eigenvalue weighted by Crippen LogP contribution is 2.35. The number of amides is 2. The Bertz CT molecular complexity index is 1500. The number of rotatable bonds is 9. The summed E-state index contributed by atoms with van der Waals surface area (Å²) < 4.78 is 42.7. The Morgan fingerprint density at radius 1 is 1.16 bits per heavy atom. The zero-order valence-corrected chi connectivity index (χ0v) is 25.5. The highest BCUT2D eigenvalue weighted by atomic mass is 35.5. The zero-order chi connectivity index (χ0) is 31.7. The van der Waals surface area contributed by atoms with Crippen molar-refractivity contribution < 1.29 is 32.3 Å². The van der Waals surface area contributed by atoms with E-state index in [2.05, 4.69) is 15.0 Å². The number of fused-ring (bicyclic) bond motifs is 2. The molecule has 0 saturated carbocycles.